The molecule has 196 valence electrons. The number of aryl methyl sites for hydroxylation is 1. The van der Waals surface area contributed by atoms with E-state index in [1.807, 2.05) is 54.6 Å². The van der Waals surface area contributed by atoms with E-state index >= 15 is 0 Å². The summed E-state index contributed by atoms with van der Waals surface area (Å²) in [7, 11) is 0. The summed E-state index contributed by atoms with van der Waals surface area (Å²) in [6, 6.07) is 21.0. The lowest BCUT2D eigenvalue weighted by Crippen LogP contribution is -2.22. The normalized spacial score (nSPS) is 12.5. The number of nitrogens with zero attached hydrogens (tertiary/aromatic N) is 3. The molecule has 0 unspecified atom stereocenters. The van der Waals surface area contributed by atoms with Gasteiger partial charge in [0.1, 0.15) is 28.2 Å². The number of carbonyl (C=O) groups excluding carboxylic acids is 1. The largest absolute Gasteiger partial charge is 0.457 e. The number of benzene rings is 3. The molecule has 0 spiro atoms. The number of allylic oxidation sites excluding steroid dienone is 1. The third-order valence-electron chi connectivity index (χ3n) is 6.00. The highest BCUT2D eigenvalue weighted by Gasteiger charge is 2.15. The van der Waals surface area contributed by atoms with Gasteiger partial charge < -0.3 is 25.6 Å². The van der Waals surface area contributed by atoms with E-state index in [0.717, 1.165) is 10.8 Å². The summed E-state index contributed by atoms with van der Waals surface area (Å²) in [6.45, 7) is 3.52. The number of anilines is 1. The predicted octanol–water partition coefficient (Wildman–Crippen LogP) is 5.09. The van der Waals surface area contributed by atoms with Crippen molar-refractivity contribution in [3.8, 4) is 11.5 Å². The Morgan fingerprint density at radius 2 is 1.84 bits per heavy atom. The standard InChI is InChI=1S/C29H30N4O4S/c1-19(33(18-35)17-23-16-31-20(2)32-28(23)30)27(13-14-34)38-29(36)25-9-5-6-10-26(25)37-24-12-11-21-7-3-4-8-22(21)15-24/h3-12,15-16,18,34,36,38H,13-14,17H2,1-2H3,(H2,30,31,32)/b27-19-. The molecule has 0 bridgehead atoms. The molecule has 0 saturated heterocycles. The first-order chi connectivity index (χ1) is 18.4. The number of thiol groups is 1. The van der Waals surface area contributed by atoms with E-state index in [0.29, 0.717) is 62.6 Å². The number of nitrogens with two attached hydrogens (primary N) is 1. The second-order valence-corrected chi connectivity index (χ2v) is 9.80. The molecular weight excluding hydrogens is 500 g/mol. The van der Waals surface area contributed by atoms with Gasteiger partial charge >= 0.3 is 0 Å². The maximum atomic E-state index is 12.0. The van der Waals surface area contributed by atoms with Crippen molar-refractivity contribution >= 4 is 39.4 Å². The van der Waals surface area contributed by atoms with E-state index in [4.69, 9.17) is 10.5 Å². The molecule has 4 aromatic rings. The number of aliphatic hydroxyl groups excluding tert-OH is 2. The minimum Gasteiger partial charge on any atom is -0.457 e. The molecule has 4 N–H and O–H groups in total. The molecule has 0 saturated carbocycles. The minimum atomic E-state index is -0.148. The number of para-hydroxylation sites is 1. The van der Waals surface area contributed by atoms with Gasteiger partial charge in [-0.25, -0.2) is 9.97 Å². The van der Waals surface area contributed by atoms with Crippen molar-refractivity contribution in [1.82, 2.24) is 14.9 Å². The Balaban J connectivity index is 1.65. The van der Waals surface area contributed by atoms with E-state index in [2.05, 4.69) is 9.97 Å². The van der Waals surface area contributed by atoms with E-state index in [9.17, 15) is 15.0 Å². The van der Waals surface area contributed by atoms with Crippen LogP contribution in [0.4, 0.5) is 5.82 Å². The van der Waals surface area contributed by atoms with Crippen LogP contribution < -0.4 is 10.5 Å². The average molecular weight is 531 g/mol. The van der Waals surface area contributed by atoms with Crippen molar-refractivity contribution in [1.29, 1.82) is 0 Å². The highest BCUT2D eigenvalue weighted by molar-refractivity contribution is 8.02. The molecule has 0 aliphatic rings. The Bertz CT molecular complexity index is 1520. The van der Waals surface area contributed by atoms with Crippen LogP contribution in [0.1, 0.15) is 30.3 Å². The van der Waals surface area contributed by atoms with E-state index < -0.39 is 0 Å². The smallest absolute Gasteiger partial charge is 0.214 e. The molecule has 3 aromatic carbocycles. The Labute approximate surface area is 225 Å². The van der Waals surface area contributed by atoms with Gasteiger partial charge in [-0.15, -0.1) is 11.4 Å². The lowest BCUT2D eigenvalue weighted by molar-refractivity contribution is -0.116. The second-order valence-electron chi connectivity index (χ2n) is 8.61. The van der Waals surface area contributed by atoms with Crippen LogP contribution in [-0.2, 0) is 11.3 Å². The van der Waals surface area contributed by atoms with Gasteiger partial charge in [0.05, 0.1) is 12.1 Å². The van der Waals surface area contributed by atoms with E-state index in [1.54, 1.807) is 32.2 Å². The SMILES string of the molecule is C/C(=C(CCO)/[SH]=C(\O)c1ccccc1Oc1ccc2ccccc2c1)N(C=O)Cc1cnc(C)nc1N. The van der Waals surface area contributed by atoms with Crippen molar-refractivity contribution < 1.29 is 19.7 Å². The van der Waals surface area contributed by atoms with Crippen LogP contribution in [0.2, 0.25) is 0 Å². The van der Waals surface area contributed by atoms with E-state index in [-0.39, 0.29) is 24.6 Å². The summed E-state index contributed by atoms with van der Waals surface area (Å²) in [5, 5.41) is 23.1. The molecule has 0 aliphatic heterocycles. The van der Waals surface area contributed by atoms with Gasteiger partial charge in [-0.05, 0) is 48.9 Å². The Hall–Kier alpha value is -4.05. The second kappa shape index (κ2) is 12.5. The first-order valence-corrected chi connectivity index (χ1v) is 12.9. The lowest BCUT2D eigenvalue weighted by atomic mass is 10.1. The fourth-order valence-corrected chi connectivity index (χ4v) is 4.99. The van der Waals surface area contributed by atoms with Crippen LogP contribution in [0.5, 0.6) is 11.5 Å². The Morgan fingerprint density at radius 1 is 1.11 bits per heavy atom. The number of carbonyl (C=O) groups is 1. The van der Waals surface area contributed by atoms with Crippen LogP contribution in [0, 0.1) is 6.92 Å². The van der Waals surface area contributed by atoms with E-state index in [1.165, 1.54) is 4.90 Å². The average Bonchev–Trinajstić information content (AvgIpc) is 2.92. The number of fused-ring (bicyclic) bond motifs is 1. The number of aliphatic hydroxyl groups is 2. The van der Waals surface area contributed by atoms with Gasteiger partial charge in [0.2, 0.25) is 6.41 Å². The molecule has 1 amide bonds. The molecule has 0 atom stereocenters. The predicted molar refractivity (Wildman–Crippen MR) is 153 cm³/mol. The maximum absolute atomic E-state index is 12.0. The number of nitrogen functional groups attached to an aromatic ring is 1. The zero-order valence-corrected chi connectivity index (χ0v) is 22.1. The van der Waals surface area contributed by atoms with Crippen molar-refractivity contribution in [3.05, 3.63) is 100 Å². The molecule has 0 aliphatic carbocycles. The summed E-state index contributed by atoms with van der Waals surface area (Å²) < 4.78 is 6.17. The van der Waals surface area contributed by atoms with Crippen LogP contribution in [0.25, 0.3) is 10.8 Å². The van der Waals surface area contributed by atoms with Gasteiger partial charge in [0.15, 0.2) is 0 Å². The van der Waals surface area contributed by atoms with Gasteiger partial charge in [0, 0.05) is 35.4 Å². The summed E-state index contributed by atoms with van der Waals surface area (Å²) in [6.07, 6.45) is 2.54. The van der Waals surface area contributed by atoms with Crippen LogP contribution in [0.3, 0.4) is 0 Å². The molecule has 4 rings (SSSR count). The highest BCUT2D eigenvalue weighted by atomic mass is 32.1. The van der Waals surface area contributed by atoms with Crippen LogP contribution >= 0.6 is 11.4 Å². The van der Waals surface area contributed by atoms with Crippen molar-refractivity contribution in [2.24, 2.45) is 0 Å². The monoisotopic (exact) mass is 530 g/mol. The molecule has 0 radical (unpaired) electrons. The first kappa shape index (κ1) is 27.0. The Kier molecular flexibility index (Phi) is 8.85. The zero-order chi connectivity index (χ0) is 27.1. The number of aromatic nitrogens is 2. The quantitative estimate of drug-likeness (QED) is 0.128. The summed E-state index contributed by atoms with van der Waals surface area (Å²) in [4.78, 5) is 22.5. The minimum absolute atomic E-state index is 0.0354. The molecule has 1 heterocycles. The number of hydrogen-bond acceptors (Lipinski definition) is 6. The van der Waals surface area contributed by atoms with Gasteiger partial charge in [-0.3, -0.25) is 4.79 Å². The fourth-order valence-electron chi connectivity index (χ4n) is 3.93. The molecule has 8 nitrogen and oxygen atoms in total. The first-order valence-electron chi connectivity index (χ1n) is 12.0. The fraction of sp³-hybridized carbons (Fsp3) is 0.172. The van der Waals surface area contributed by atoms with Crippen molar-refractivity contribution in [2.75, 3.05) is 12.3 Å². The van der Waals surface area contributed by atoms with Gasteiger partial charge in [0.25, 0.3) is 0 Å². The van der Waals surface area contributed by atoms with Crippen molar-refractivity contribution in [2.45, 2.75) is 26.8 Å². The molecular formula is C29H30N4O4S. The van der Waals surface area contributed by atoms with Crippen LogP contribution in [0.15, 0.2) is 83.5 Å². The molecule has 0 fully saturated rings. The van der Waals surface area contributed by atoms with Gasteiger partial charge in [-0.1, -0.05) is 42.5 Å². The number of amides is 1. The Morgan fingerprint density at radius 3 is 2.58 bits per heavy atom. The zero-order valence-electron chi connectivity index (χ0n) is 21.2. The number of hydrogen-bond donors (Lipinski definition) is 4. The summed E-state index contributed by atoms with van der Waals surface area (Å²) in [5.74, 6) is 1.98. The number of rotatable bonds is 10. The topological polar surface area (TPSA) is 122 Å². The van der Waals surface area contributed by atoms with Crippen LogP contribution in [-0.4, -0.2) is 43.1 Å². The third-order valence-corrected chi connectivity index (χ3v) is 7.27. The molecule has 1 aromatic heterocycles. The summed E-state index contributed by atoms with van der Waals surface area (Å²) >= 11 is 0.436. The lowest BCUT2D eigenvalue weighted by Gasteiger charge is -2.21. The molecule has 9 heteroatoms. The van der Waals surface area contributed by atoms with Crippen molar-refractivity contribution in [3.63, 3.8) is 0 Å². The van der Waals surface area contributed by atoms with Gasteiger partial charge in [-0.2, -0.15) is 0 Å². The molecule has 38 heavy (non-hydrogen) atoms. The number of ether oxygens (including phenoxy) is 1. The summed E-state index contributed by atoms with van der Waals surface area (Å²) in [5.41, 5.74) is 7.72. The highest BCUT2D eigenvalue weighted by Crippen LogP contribution is 2.31. The maximum Gasteiger partial charge on any atom is 0.214 e. The third kappa shape index (κ3) is 6.44.